The average molecular weight is 533 g/mol. The van der Waals surface area contributed by atoms with Gasteiger partial charge in [-0.25, -0.2) is 8.42 Å². The first-order valence-electron chi connectivity index (χ1n) is 11.7. The first-order chi connectivity index (χ1) is 18.4. The molecule has 4 aromatic rings. The summed E-state index contributed by atoms with van der Waals surface area (Å²) in [6.45, 7) is 0.604. The van der Waals surface area contributed by atoms with E-state index in [1.165, 1.54) is 12.1 Å². The first kappa shape index (κ1) is 26.5. The van der Waals surface area contributed by atoms with Crippen LogP contribution in [0.1, 0.15) is 21.5 Å². The summed E-state index contributed by atoms with van der Waals surface area (Å²) in [5, 5.41) is 6.04. The number of ether oxygens (including phenoxy) is 2. The monoisotopic (exact) mass is 532 g/mol. The predicted molar refractivity (Wildman–Crippen MR) is 146 cm³/mol. The zero-order valence-electron chi connectivity index (χ0n) is 21.0. The second-order valence-corrected chi connectivity index (χ2v) is 9.99. The first-order valence-corrected chi connectivity index (χ1v) is 13.2. The zero-order chi connectivity index (χ0) is 27.0. The van der Waals surface area contributed by atoms with E-state index in [0.29, 0.717) is 29.4 Å². The van der Waals surface area contributed by atoms with Crippen molar-refractivity contribution in [3.8, 4) is 11.5 Å². The molecule has 10 heteroatoms. The van der Waals surface area contributed by atoms with E-state index in [1.807, 2.05) is 18.2 Å². The number of nitrogens with zero attached hydrogens (tertiary/aromatic N) is 1. The Labute approximate surface area is 221 Å². The van der Waals surface area contributed by atoms with Crippen LogP contribution in [-0.4, -0.2) is 33.5 Å². The highest BCUT2D eigenvalue weighted by Crippen LogP contribution is 2.28. The minimum atomic E-state index is -3.98. The fourth-order valence-corrected chi connectivity index (χ4v) is 4.82. The van der Waals surface area contributed by atoms with Gasteiger partial charge in [-0.15, -0.1) is 0 Å². The highest BCUT2D eigenvalue weighted by Gasteiger charge is 2.19. The molecule has 9 nitrogen and oxygen atoms in total. The Morgan fingerprint density at radius 2 is 1.61 bits per heavy atom. The van der Waals surface area contributed by atoms with Crippen molar-refractivity contribution in [2.45, 2.75) is 18.0 Å². The van der Waals surface area contributed by atoms with Gasteiger partial charge in [0.25, 0.3) is 15.9 Å². The highest BCUT2D eigenvalue weighted by molar-refractivity contribution is 7.92. The number of pyridine rings is 1. The lowest BCUT2D eigenvalue weighted by molar-refractivity contribution is 0.0950. The molecule has 0 spiro atoms. The van der Waals surface area contributed by atoms with Gasteiger partial charge in [-0.05, 0) is 59.7 Å². The summed E-state index contributed by atoms with van der Waals surface area (Å²) in [5.74, 6) is 0.759. The predicted octanol–water partition coefficient (Wildman–Crippen LogP) is 4.44. The fourth-order valence-electron chi connectivity index (χ4n) is 3.69. The Bertz CT molecular complexity index is 1500. The molecule has 0 saturated carbocycles. The number of anilines is 2. The summed E-state index contributed by atoms with van der Waals surface area (Å²) < 4.78 is 39.7. The van der Waals surface area contributed by atoms with E-state index in [-0.39, 0.29) is 17.0 Å². The molecule has 3 aromatic carbocycles. The molecular formula is C28H28N4O5S. The molecule has 0 unspecified atom stereocenters. The molecule has 0 radical (unpaired) electrons. The topological polar surface area (TPSA) is 119 Å². The van der Waals surface area contributed by atoms with E-state index in [1.54, 1.807) is 75.1 Å². The molecular weight excluding hydrogens is 504 g/mol. The van der Waals surface area contributed by atoms with Crippen LogP contribution in [0.15, 0.2) is 96.2 Å². The number of methoxy groups -OCH3 is 2. The molecule has 38 heavy (non-hydrogen) atoms. The lowest BCUT2D eigenvalue weighted by atomic mass is 10.1. The van der Waals surface area contributed by atoms with E-state index >= 15 is 0 Å². The van der Waals surface area contributed by atoms with E-state index in [4.69, 9.17) is 9.47 Å². The average Bonchev–Trinajstić information content (AvgIpc) is 2.95. The number of nitrogens with one attached hydrogen (secondary N) is 3. The lowest BCUT2D eigenvalue weighted by Crippen LogP contribution is -2.23. The fraction of sp³-hybridized carbons (Fsp3) is 0.143. The molecule has 1 amide bonds. The molecule has 3 N–H and O–H groups in total. The Morgan fingerprint density at radius 3 is 2.32 bits per heavy atom. The molecule has 0 aliphatic rings. The van der Waals surface area contributed by atoms with Crippen LogP contribution in [0.4, 0.5) is 11.4 Å². The third-order valence-electron chi connectivity index (χ3n) is 5.63. The standard InChI is InChI=1S/C28H28N4O5S/c1-36-26-11-10-20(13-27(26)37-2)18-30-24-14-22(28(33)31-19-21-7-6-12-29-17-21)15-25(16-24)38(34,35)32-23-8-4-3-5-9-23/h3-17,30,32H,18-19H2,1-2H3,(H,31,33). The maximum atomic E-state index is 13.2. The number of amides is 1. The summed E-state index contributed by atoms with van der Waals surface area (Å²) in [4.78, 5) is 17.0. The zero-order valence-corrected chi connectivity index (χ0v) is 21.8. The Balaban J connectivity index is 1.61. The van der Waals surface area contributed by atoms with Gasteiger partial charge in [0.15, 0.2) is 11.5 Å². The molecule has 0 atom stereocenters. The minimum Gasteiger partial charge on any atom is -0.493 e. The summed E-state index contributed by atoms with van der Waals surface area (Å²) in [5.41, 5.74) is 2.77. The smallest absolute Gasteiger partial charge is 0.261 e. The van der Waals surface area contributed by atoms with Gasteiger partial charge in [0.2, 0.25) is 0 Å². The Morgan fingerprint density at radius 1 is 0.816 bits per heavy atom. The van der Waals surface area contributed by atoms with Crippen molar-refractivity contribution in [1.29, 1.82) is 0 Å². The summed E-state index contributed by atoms with van der Waals surface area (Å²) >= 11 is 0. The van der Waals surface area contributed by atoms with Gasteiger partial charge in [0, 0.05) is 42.4 Å². The van der Waals surface area contributed by atoms with Crippen molar-refractivity contribution >= 4 is 27.3 Å². The number of benzene rings is 3. The van der Waals surface area contributed by atoms with Crippen LogP contribution in [0.25, 0.3) is 0 Å². The van der Waals surface area contributed by atoms with E-state index in [2.05, 4.69) is 20.3 Å². The maximum absolute atomic E-state index is 13.2. The van der Waals surface area contributed by atoms with Crippen LogP contribution in [0, 0.1) is 0 Å². The van der Waals surface area contributed by atoms with Crippen molar-refractivity contribution in [2.75, 3.05) is 24.3 Å². The van der Waals surface area contributed by atoms with Crippen molar-refractivity contribution in [2.24, 2.45) is 0 Å². The second kappa shape index (κ2) is 12.1. The van der Waals surface area contributed by atoms with Gasteiger partial charge in [0.1, 0.15) is 0 Å². The van der Waals surface area contributed by atoms with Crippen LogP contribution in [0.5, 0.6) is 11.5 Å². The number of carbonyl (C=O) groups excluding carboxylic acids is 1. The highest BCUT2D eigenvalue weighted by atomic mass is 32.2. The van der Waals surface area contributed by atoms with Crippen LogP contribution in [-0.2, 0) is 23.1 Å². The summed E-state index contributed by atoms with van der Waals surface area (Å²) in [6, 6.07) is 22.1. The number of hydrogen-bond acceptors (Lipinski definition) is 7. The van der Waals surface area contributed by atoms with Crippen molar-refractivity contribution in [3.63, 3.8) is 0 Å². The van der Waals surface area contributed by atoms with E-state index in [0.717, 1.165) is 11.1 Å². The van der Waals surface area contributed by atoms with Gasteiger partial charge in [-0.1, -0.05) is 30.3 Å². The number of sulfonamides is 1. The number of para-hydroxylation sites is 1. The molecule has 4 rings (SSSR count). The molecule has 1 heterocycles. The van der Waals surface area contributed by atoms with Gasteiger partial charge in [0.05, 0.1) is 19.1 Å². The molecule has 0 aliphatic heterocycles. The minimum absolute atomic E-state index is 0.0507. The normalized spacial score (nSPS) is 10.9. The van der Waals surface area contributed by atoms with Crippen LogP contribution in [0.2, 0.25) is 0 Å². The Hall–Kier alpha value is -4.57. The van der Waals surface area contributed by atoms with Crippen LogP contribution in [0.3, 0.4) is 0 Å². The van der Waals surface area contributed by atoms with Crippen molar-refractivity contribution in [1.82, 2.24) is 10.3 Å². The number of rotatable bonds is 11. The largest absolute Gasteiger partial charge is 0.493 e. The lowest BCUT2D eigenvalue weighted by Gasteiger charge is -2.14. The van der Waals surface area contributed by atoms with Crippen molar-refractivity contribution < 1.29 is 22.7 Å². The third-order valence-corrected chi connectivity index (χ3v) is 6.99. The number of carbonyl (C=O) groups is 1. The molecule has 0 aliphatic carbocycles. The van der Waals surface area contributed by atoms with Crippen LogP contribution < -0.4 is 24.8 Å². The van der Waals surface area contributed by atoms with E-state index in [9.17, 15) is 13.2 Å². The quantitative estimate of drug-likeness (QED) is 0.261. The molecule has 1 aromatic heterocycles. The van der Waals surface area contributed by atoms with Gasteiger partial charge in [-0.2, -0.15) is 0 Å². The number of hydrogen-bond donors (Lipinski definition) is 3. The molecule has 0 saturated heterocycles. The molecule has 0 bridgehead atoms. The van der Waals surface area contributed by atoms with Gasteiger partial charge >= 0.3 is 0 Å². The second-order valence-electron chi connectivity index (χ2n) is 8.30. The van der Waals surface area contributed by atoms with Crippen molar-refractivity contribution in [3.05, 3.63) is 108 Å². The third kappa shape index (κ3) is 6.80. The summed E-state index contributed by atoms with van der Waals surface area (Å²) in [7, 11) is -0.861. The van der Waals surface area contributed by atoms with Crippen LogP contribution >= 0.6 is 0 Å². The van der Waals surface area contributed by atoms with Gasteiger partial charge < -0.3 is 20.1 Å². The van der Waals surface area contributed by atoms with Gasteiger partial charge in [-0.3, -0.25) is 14.5 Å². The summed E-state index contributed by atoms with van der Waals surface area (Å²) in [6.07, 6.45) is 3.30. The maximum Gasteiger partial charge on any atom is 0.261 e. The number of aromatic nitrogens is 1. The SMILES string of the molecule is COc1ccc(CNc2cc(C(=O)NCc3cccnc3)cc(S(=O)(=O)Nc3ccccc3)c2)cc1OC. The molecule has 196 valence electrons. The molecule has 0 fully saturated rings. The van der Waals surface area contributed by atoms with E-state index < -0.39 is 15.9 Å². The Kier molecular flexibility index (Phi) is 8.44.